The second-order valence-corrected chi connectivity index (χ2v) is 5.90. The summed E-state index contributed by atoms with van der Waals surface area (Å²) < 4.78 is 13.4. The maximum absolute atomic E-state index is 13.4. The summed E-state index contributed by atoms with van der Waals surface area (Å²) in [7, 11) is 0. The Morgan fingerprint density at radius 2 is 2.24 bits per heavy atom. The van der Waals surface area contributed by atoms with Gasteiger partial charge in [-0.05, 0) is 49.3 Å². The van der Waals surface area contributed by atoms with E-state index in [1.54, 1.807) is 0 Å². The second-order valence-electron chi connectivity index (χ2n) is 5.90. The first-order chi connectivity index (χ1) is 10.2. The van der Waals surface area contributed by atoms with Crippen LogP contribution < -0.4 is 5.32 Å². The molecular weight excluding hydrogens is 269 g/mol. The number of aliphatic hydroxyl groups excluding tert-OH is 1. The van der Waals surface area contributed by atoms with Gasteiger partial charge in [0.25, 0.3) is 5.91 Å². The smallest absolute Gasteiger partial charge is 0.252 e. The topological polar surface area (TPSA) is 49.3 Å². The lowest BCUT2D eigenvalue weighted by Gasteiger charge is -2.23. The third-order valence-corrected chi connectivity index (χ3v) is 4.58. The maximum Gasteiger partial charge on any atom is 0.252 e. The highest BCUT2D eigenvalue weighted by atomic mass is 19.1. The zero-order valence-corrected chi connectivity index (χ0v) is 11.7. The summed E-state index contributed by atoms with van der Waals surface area (Å²) in [5, 5.41) is 11.8. The Morgan fingerprint density at radius 3 is 2.90 bits per heavy atom. The Balaban J connectivity index is 1.78. The summed E-state index contributed by atoms with van der Waals surface area (Å²) in [6, 6.07) is 4.17. The number of fused-ring (bicyclic) bond motifs is 2. The third-order valence-electron chi connectivity index (χ3n) is 4.58. The third kappa shape index (κ3) is 2.93. The molecule has 4 heteroatoms. The Morgan fingerprint density at radius 1 is 1.38 bits per heavy atom. The first-order valence-electron chi connectivity index (χ1n) is 7.37. The van der Waals surface area contributed by atoms with Crippen LogP contribution in [0.5, 0.6) is 0 Å². The summed E-state index contributed by atoms with van der Waals surface area (Å²) in [4.78, 5) is 12.4. The summed E-state index contributed by atoms with van der Waals surface area (Å²) in [6.45, 7) is -0.287. The van der Waals surface area contributed by atoms with Crippen LogP contribution in [0.4, 0.5) is 4.39 Å². The average Bonchev–Trinajstić information content (AvgIpc) is 3.08. The van der Waals surface area contributed by atoms with Crippen LogP contribution >= 0.6 is 0 Å². The van der Waals surface area contributed by atoms with Crippen molar-refractivity contribution in [2.75, 3.05) is 6.61 Å². The monoisotopic (exact) mass is 287 g/mol. The second kappa shape index (κ2) is 5.87. The van der Waals surface area contributed by atoms with Gasteiger partial charge in [0.1, 0.15) is 12.4 Å². The zero-order chi connectivity index (χ0) is 14.8. The van der Waals surface area contributed by atoms with Crippen molar-refractivity contribution in [3.05, 3.63) is 35.1 Å². The molecule has 2 bridgehead atoms. The van der Waals surface area contributed by atoms with Gasteiger partial charge < -0.3 is 10.4 Å². The highest BCUT2D eigenvalue weighted by molar-refractivity contribution is 5.97. The maximum atomic E-state index is 13.4. The molecule has 3 rings (SSSR count). The fraction of sp³-hybridized carbons (Fsp3) is 0.471. The number of aliphatic hydroxyl groups is 1. The number of rotatable bonds is 2. The van der Waals surface area contributed by atoms with Gasteiger partial charge in [-0.3, -0.25) is 4.79 Å². The highest BCUT2D eigenvalue weighted by Crippen LogP contribution is 2.44. The van der Waals surface area contributed by atoms with Gasteiger partial charge in [-0.25, -0.2) is 4.39 Å². The van der Waals surface area contributed by atoms with Crippen molar-refractivity contribution >= 4 is 5.91 Å². The van der Waals surface area contributed by atoms with Crippen molar-refractivity contribution in [3.8, 4) is 11.8 Å². The molecule has 1 aromatic carbocycles. The van der Waals surface area contributed by atoms with E-state index in [0.29, 0.717) is 11.5 Å². The van der Waals surface area contributed by atoms with E-state index in [4.69, 9.17) is 5.11 Å². The van der Waals surface area contributed by atoms with Crippen LogP contribution in [0.15, 0.2) is 18.2 Å². The van der Waals surface area contributed by atoms with Gasteiger partial charge in [0, 0.05) is 11.6 Å². The molecule has 2 saturated carbocycles. The normalized spacial score (nSPS) is 26.3. The van der Waals surface area contributed by atoms with Crippen LogP contribution in [0.25, 0.3) is 0 Å². The molecule has 2 N–H and O–H groups in total. The first kappa shape index (κ1) is 14.1. The summed E-state index contributed by atoms with van der Waals surface area (Å²) in [6.07, 6.45) is 4.68. The Hall–Kier alpha value is -1.86. The van der Waals surface area contributed by atoms with Crippen LogP contribution in [0.2, 0.25) is 0 Å². The summed E-state index contributed by atoms with van der Waals surface area (Å²) in [5.41, 5.74) is 0.699. The fourth-order valence-electron chi connectivity index (χ4n) is 3.62. The molecule has 3 nitrogen and oxygen atoms in total. The van der Waals surface area contributed by atoms with E-state index in [1.807, 2.05) is 0 Å². The largest absolute Gasteiger partial charge is 0.384 e. The molecule has 2 aliphatic rings. The number of halogens is 1. The number of benzene rings is 1. The number of amides is 1. The zero-order valence-electron chi connectivity index (χ0n) is 11.7. The lowest BCUT2D eigenvalue weighted by atomic mass is 9.95. The number of hydrogen-bond donors (Lipinski definition) is 2. The van der Waals surface area contributed by atoms with E-state index in [9.17, 15) is 9.18 Å². The number of nitrogens with one attached hydrogen (secondary N) is 1. The summed E-state index contributed by atoms with van der Waals surface area (Å²) >= 11 is 0. The van der Waals surface area contributed by atoms with Crippen molar-refractivity contribution in [1.82, 2.24) is 5.32 Å². The molecule has 3 unspecified atom stereocenters. The molecule has 1 aromatic rings. The number of hydrogen-bond acceptors (Lipinski definition) is 2. The van der Waals surface area contributed by atoms with Crippen molar-refractivity contribution in [1.29, 1.82) is 0 Å². The predicted molar refractivity (Wildman–Crippen MR) is 77.1 cm³/mol. The Kier molecular flexibility index (Phi) is 3.94. The van der Waals surface area contributed by atoms with Crippen LogP contribution in [0.1, 0.15) is 41.6 Å². The lowest BCUT2D eigenvalue weighted by molar-refractivity contribution is 0.0922. The minimum absolute atomic E-state index is 0.207. The van der Waals surface area contributed by atoms with Crippen LogP contribution in [0.3, 0.4) is 0 Å². The number of carbonyl (C=O) groups excluding carboxylic acids is 1. The van der Waals surface area contributed by atoms with E-state index in [-0.39, 0.29) is 24.1 Å². The molecule has 0 aliphatic heterocycles. The molecule has 110 valence electrons. The van der Waals surface area contributed by atoms with Gasteiger partial charge in [-0.15, -0.1) is 0 Å². The van der Waals surface area contributed by atoms with E-state index < -0.39 is 5.82 Å². The van der Waals surface area contributed by atoms with E-state index >= 15 is 0 Å². The van der Waals surface area contributed by atoms with Gasteiger partial charge in [-0.1, -0.05) is 18.3 Å². The van der Waals surface area contributed by atoms with Crippen molar-refractivity contribution in [2.24, 2.45) is 11.8 Å². The number of carbonyl (C=O) groups is 1. The quantitative estimate of drug-likeness (QED) is 0.818. The Labute approximate surface area is 123 Å². The van der Waals surface area contributed by atoms with Crippen LogP contribution in [0, 0.1) is 29.5 Å². The van der Waals surface area contributed by atoms with E-state index in [1.165, 1.54) is 37.5 Å². The molecule has 0 radical (unpaired) electrons. The van der Waals surface area contributed by atoms with E-state index in [0.717, 1.165) is 12.3 Å². The Bertz CT molecular complexity index is 617. The molecular formula is C17H18FNO2. The molecule has 3 atom stereocenters. The fourth-order valence-corrected chi connectivity index (χ4v) is 3.62. The van der Waals surface area contributed by atoms with Crippen LogP contribution in [-0.4, -0.2) is 23.7 Å². The van der Waals surface area contributed by atoms with Crippen molar-refractivity contribution in [3.63, 3.8) is 0 Å². The standard InChI is InChI=1S/C17H18FNO2/c18-14-6-5-12(2-1-7-20)15(10-14)17(21)19-16-9-11-3-4-13(16)8-11/h5-6,10-11,13,16,20H,3-4,7-9H2,(H,19,21). The molecule has 2 aliphatic carbocycles. The minimum Gasteiger partial charge on any atom is -0.384 e. The van der Waals surface area contributed by atoms with Crippen LogP contribution in [-0.2, 0) is 0 Å². The first-order valence-corrected chi connectivity index (χ1v) is 7.37. The van der Waals surface area contributed by atoms with Gasteiger partial charge in [0.15, 0.2) is 0 Å². The minimum atomic E-state index is -0.456. The SMILES string of the molecule is O=C(NC1CC2CCC1C2)c1cc(F)ccc1C#CCO. The highest BCUT2D eigenvalue weighted by Gasteiger charge is 2.40. The molecule has 2 fully saturated rings. The lowest BCUT2D eigenvalue weighted by Crippen LogP contribution is -2.38. The van der Waals surface area contributed by atoms with Gasteiger partial charge >= 0.3 is 0 Å². The van der Waals surface area contributed by atoms with Crippen molar-refractivity contribution < 1.29 is 14.3 Å². The predicted octanol–water partition coefficient (Wildman–Crippen LogP) is 2.09. The summed E-state index contributed by atoms with van der Waals surface area (Å²) in [5.74, 6) is 5.79. The molecule has 0 heterocycles. The van der Waals surface area contributed by atoms with E-state index in [2.05, 4.69) is 17.2 Å². The molecule has 0 aromatic heterocycles. The average molecular weight is 287 g/mol. The molecule has 0 saturated heterocycles. The molecule has 0 spiro atoms. The molecule has 1 amide bonds. The van der Waals surface area contributed by atoms with Crippen molar-refractivity contribution in [2.45, 2.75) is 31.7 Å². The molecule has 21 heavy (non-hydrogen) atoms. The van der Waals surface area contributed by atoms with Gasteiger partial charge in [0.2, 0.25) is 0 Å². The van der Waals surface area contributed by atoms with Gasteiger partial charge in [-0.2, -0.15) is 0 Å². The van der Waals surface area contributed by atoms with Gasteiger partial charge in [0.05, 0.1) is 5.56 Å².